The standard InChI is InChI=1S/C17H34N2O/c1-4-17(20)10-14-9-16(12-19(11-14)13(2)3)18-15-7-5-6-8-15/h13-18,20H,4-12H2,1-3H3. The molecule has 0 radical (unpaired) electrons. The molecule has 2 aliphatic rings. The molecule has 0 amide bonds. The maximum Gasteiger partial charge on any atom is 0.0540 e. The highest BCUT2D eigenvalue weighted by molar-refractivity contribution is 4.88. The van der Waals surface area contributed by atoms with Gasteiger partial charge in [-0.15, -0.1) is 0 Å². The van der Waals surface area contributed by atoms with Crippen LogP contribution in [0.25, 0.3) is 0 Å². The van der Waals surface area contributed by atoms with Crippen LogP contribution in [0.4, 0.5) is 0 Å². The number of hydrogen-bond acceptors (Lipinski definition) is 3. The number of piperidine rings is 1. The Morgan fingerprint density at radius 2 is 1.85 bits per heavy atom. The monoisotopic (exact) mass is 282 g/mol. The van der Waals surface area contributed by atoms with Crippen LogP contribution < -0.4 is 5.32 Å². The van der Waals surface area contributed by atoms with Crippen molar-refractivity contribution in [2.24, 2.45) is 5.92 Å². The van der Waals surface area contributed by atoms with Gasteiger partial charge in [0.2, 0.25) is 0 Å². The summed E-state index contributed by atoms with van der Waals surface area (Å²) >= 11 is 0. The van der Waals surface area contributed by atoms with Crippen LogP contribution in [0.3, 0.4) is 0 Å². The highest BCUT2D eigenvalue weighted by atomic mass is 16.3. The van der Waals surface area contributed by atoms with E-state index in [4.69, 9.17) is 0 Å². The van der Waals surface area contributed by atoms with Crippen LogP contribution in [0.15, 0.2) is 0 Å². The molecular weight excluding hydrogens is 248 g/mol. The minimum Gasteiger partial charge on any atom is -0.393 e. The minimum absolute atomic E-state index is 0.112. The molecule has 2 fully saturated rings. The summed E-state index contributed by atoms with van der Waals surface area (Å²) in [6.45, 7) is 9.03. The first-order chi connectivity index (χ1) is 9.58. The summed E-state index contributed by atoms with van der Waals surface area (Å²) in [7, 11) is 0. The second-order valence-corrected chi connectivity index (χ2v) is 7.29. The Bertz CT molecular complexity index is 274. The fourth-order valence-corrected chi connectivity index (χ4v) is 3.93. The third-order valence-corrected chi connectivity index (χ3v) is 5.20. The van der Waals surface area contributed by atoms with E-state index in [9.17, 15) is 5.11 Å². The molecule has 2 rings (SSSR count). The third kappa shape index (κ3) is 4.71. The molecule has 0 spiro atoms. The summed E-state index contributed by atoms with van der Waals surface area (Å²) in [6.07, 6.45) is 8.52. The van der Waals surface area contributed by atoms with Gasteiger partial charge in [0.05, 0.1) is 6.10 Å². The van der Waals surface area contributed by atoms with E-state index in [0.717, 1.165) is 25.4 Å². The molecular formula is C17H34N2O. The number of aliphatic hydroxyl groups excluding tert-OH is 1. The first kappa shape index (κ1) is 16.3. The number of hydrogen-bond donors (Lipinski definition) is 2. The summed E-state index contributed by atoms with van der Waals surface area (Å²) in [5.74, 6) is 0.653. The van der Waals surface area contributed by atoms with E-state index in [1.807, 2.05) is 0 Å². The molecule has 3 atom stereocenters. The van der Waals surface area contributed by atoms with Gasteiger partial charge in [-0.2, -0.15) is 0 Å². The smallest absolute Gasteiger partial charge is 0.0540 e. The van der Waals surface area contributed by atoms with Crippen molar-refractivity contribution in [3.05, 3.63) is 0 Å². The lowest BCUT2D eigenvalue weighted by atomic mass is 9.88. The van der Waals surface area contributed by atoms with Gasteiger partial charge in [-0.3, -0.25) is 4.90 Å². The molecule has 3 nitrogen and oxygen atoms in total. The van der Waals surface area contributed by atoms with Crippen LogP contribution in [0, 0.1) is 5.92 Å². The predicted octanol–water partition coefficient (Wildman–Crippen LogP) is 2.78. The Kier molecular flexibility index (Phi) is 6.31. The van der Waals surface area contributed by atoms with E-state index in [-0.39, 0.29) is 6.10 Å². The third-order valence-electron chi connectivity index (χ3n) is 5.20. The first-order valence-electron chi connectivity index (χ1n) is 8.76. The second kappa shape index (κ2) is 7.77. The van der Waals surface area contributed by atoms with Crippen molar-refractivity contribution in [2.75, 3.05) is 13.1 Å². The number of nitrogens with one attached hydrogen (secondary N) is 1. The van der Waals surface area contributed by atoms with E-state index >= 15 is 0 Å². The van der Waals surface area contributed by atoms with Crippen molar-refractivity contribution in [3.63, 3.8) is 0 Å². The van der Waals surface area contributed by atoms with Crippen molar-refractivity contribution in [1.82, 2.24) is 10.2 Å². The summed E-state index contributed by atoms with van der Waals surface area (Å²) in [5.41, 5.74) is 0. The molecule has 0 aromatic carbocycles. The quantitative estimate of drug-likeness (QED) is 0.786. The molecule has 1 aliphatic carbocycles. The molecule has 1 heterocycles. The number of aliphatic hydroxyl groups is 1. The first-order valence-corrected chi connectivity index (χ1v) is 8.76. The lowest BCUT2D eigenvalue weighted by Crippen LogP contribution is -2.53. The van der Waals surface area contributed by atoms with Crippen molar-refractivity contribution in [3.8, 4) is 0 Å². The Balaban J connectivity index is 1.89. The highest BCUT2D eigenvalue weighted by Gasteiger charge is 2.31. The average molecular weight is 282 g/mol. The van der Waals surface area contributed by atoms with Gasteiger partial charge in [-0.05, 0) is 51.9 Å². The van der Waals surface area contributed by atoms with Gasteiger partial charge in [-0.1, -0.05) is 19.8 Å². The molecule has 1 aliphatic heterocycles. The molecule has 0 bridgehead atoms. The van der Waals surface area contributed by atoms with Crippen LogP contribution in [0.2, 0.25) is 0 Å². The fourth-order valence-electron chi connectivity index (χ4n) is 3.93. The molecule has 2 N–H and O–H groups in total. The zero-order valence-corrected chi connectivity index (χ0v) is 13.6. The van der Waals surface area contributed by atoms with Gasteiger partial charge in [0.25, 0.3) is 0 Å². The second-order valence-electron chi connectivity index (χ2n) is 7.29. The summed E-state index contributed by atoms with van der Waals surface area (Å²) < 4.78 is 0. The number of likely N-dealkylation sites (tertiary alicyclic amines) is 1. The van der Waals surface area contributed by atoms with Crippen molar-refractivity contribution in [2.45, 2.75) is 89.9 Å². The van der Waals surface area contributed by atoms with E-state index in [2.05, 4.69) is 31.0 Å². The zero-order chi connectivity index (χ0) is 14.5. The topological polar surface area (TPSA) is 35.5 Å². The van der Waals surface area contributed by atoms with Gasteiger partial charge >= 0.3 is 0 Å². The maximum atomic E-state index is 9.97. The van der Waals surface area contributed by atoms with Crippen LogP contribution in [0.5, 0.6) is 0 Å². The normalized spacial score (nSPS) is 31.1. The number of nitrogens with zero attached hydrogens (tertiary/aromatic N) is 1. The number of rotatable bonds is 6. The van der Waals surface area contributed by atoms with Gasteiger partial charge in [0, 0.05) is 31.2 Å². The average Bonchev–Trinajstić information content (AvgIpc) is 2.91. The lowest BCUT2D eigenvalue weighted by molar-refractivity contribution is 0.0669. The zero-order valence-electron chi connectivity index (χ0n) is 13.6. The molecule has 118 valence electrons. The Hall–Kier alpha value is -0.120. The molecule has 0 aromatic rings. The van der Waals surface area contributed by atoms with Crippen molar-refractivity contribution >= 4 is 0 Å². The van der Waals surface area contributed by atoms with Crippen molar-refractivity contribution < 1.29 is 5.11 Å². The van der Waals surface area contributed by atoms with E-state index in [0.29, 0.717) is 18.0 Å². The van der Waals surface area contributed by atoms with E-state index < -0.39 is 0 Å². The van der Waals surface area contributed by atoms with Gasteiger partial charge in [-0.25, -0.2) is 0 Å². The van der Waals surface area contributed by atoms with Crippen LogP contribution in [0.1, 0.15) is 65.7 Å². The SMILES string of the molecule is CCC(O)CC1CC(NC2CCCC2)CN(C(C)C)C1. The van der Waals surface area contributed by atoms with Gasteiger partial charge in [0.1, 0.15) is 0 Å². The molecule has 0 aromatic heterocycles. The van der Waals surface area contributed by atoms with E-state index in [1.54, 1.807) is 0 Å². The van der Waals surface area contributed by atoms with Crippen LogP contribution >= 0.6 is 0 Å². The predicted molar refractivity (Wildman–Crippen MR) is 84.9 cm³/mol. The Morgan fingerprint density at radius 3 is 2.45 bits per heavy atom. The van der Waals surface area contributed by atoms with Gasteiger partial charge in [0.15, 0.2) is 0 Å². The highest BCUT2D eigenvalue weighted by Crippen LogP contribution is 2.26. The Labute approximate surface area is 125 Å². The molecule has 20 heavy (non-hydrogen) atoms. The minimum atomic E-state index is -0.112. The summed E-state index contributed by atoms with van der Waals surface area (Å²) in [4.78, 5) is 2.60. The molecule has 1 saturated heterocycles. The van der Waals surface area contributed by atoms with Gasteiger partial charge < -0.3 is 10.4 Å². The summed E-state index contributed by atoms with van der Waals surface area (Å²) in [5, 5.41) is 13.9. The maximum absolute atomic E-state index is 9.97. The molecule has 3 heteroatoms. The fraction of sp³-hybridized carbons (Fsp3) is 1.00. The summed E-state index contributed by atoms with van der Waals surface area (Å²) in [6, 6.07) is 2.00. The van der Waals surface area contributed by atoms with Crippen LogP contribution in [-0.4, -0.2) is 47.3 Å². The largest absolute Gasteiger partial charge is 0.393 e. The Morgan fingerprint density at radius 1 is 1.15 bits per heavy atom. The lowest BCUT2D eigenvalue weighted by Gasteiger charge is -2.41. The van der Waals surface area contributed by atoms with Crippen molar-refractivity contribution in [1.29, 1.82) is 0 Å². The van der Waals surface area contributed by atoms with Crippen LogP contribution in [-0.2, 0) is 0 Å². The molecule has 1 saturated carbocycles. The molecule has 3 unspecified atom stereocenters. The van der Waals surface area contributed by atoms with E-state index in [1.165, 1.54) is 38.6 Å².